The molecule has 5 heteroatoms. The molecule has 0 bridgehead atoms. The predicted molar refractivity (Wildman–Crippen MR) is 94.9 cm³/mol. The molecule has 0 aliphatic heterocycles. The molecule has 0 aromatic heterocycles. The lowest BCUT2D eigenvalue weighted by molar-refractivity contribution is -0.124. The maximum absolute atomic E-state index is 12.0. The third-order valence-corrected chi connectivity index (χ3v) is 3.15. The highest BCUT2D eigenvalue weighted by Crippen LogP contribution is 2.34. The number of carbonyl (C=O) groups is 1. The Balaban J connectivity index is 3.42. The number of methoxy groups -OCH3 is 1. The first-order valence-corrected chi connectivity index (χ1v) is 7.37. The van der Waals surface area contributed by atoms with Crippen molar-refractivity contribution in [3.63, 3.8) is 0 Å². The minimum atomic E-state index is -0.353. The van der Waals surface area contributed by atoms with E-state index in [2.05, 4.69) is 13.2 Å². The fourth-order valence-corrected chi connectivity index (χ4v) is 2.08. The summed E-state index contributed by atoms with van der Waals surface area (Å²) >= 11 is 0. The van der Waals surface area contributed by atoms with E-state index in [-0.39, 0.29) is 11.5 Å². The average Bonchev–Trinajstić information content (AvgIpc) is 2.57. The number of hydrogen-bond donors (Lipinski definition) is 0. The van der Waals surface area contributed by atoms with E-state index in [1.165, 1.54) is 18.1 Å². The van der Waals surface area contributed by atoms with Crippen LogP contribution in [0.5, 0.6) is 11.5 Å². The Kier molecular flexibility index (Phi) is 7.31. The molecule has 0 atom stereocenters. The molecule has 0 unspecified atom stereocenters. The van der Waals surface area contributed by atoms with E-state index in [4.69, 9.17) is 9.47 Å². The van der Waals surface area contributed by atoms with Crippen LogP contribution in [0.15, 0.2) is 43.0 Å². The summed E-state index contributed by atoms with van der Waals surface area (Å²) in [7, 11) is 4.74. The number of hydrogen-bond acceptors (Lipinski definition) is 4. The van der Waals surface area contributed by atoms with Crippen LogP contribution >= 0.6 is 0 Å². The average molecular weight is 326 g/mol. The highest BCUT2D eigenvalue weighted by atomic mass is 16.5. The van der Waals surface area contributed by atoms with Crippen LogP contribution in [0.1, 0.15) is 11.1 Å². The van der Waals surface area contributed by atoms with Gasteiger partial charge in [-0.05, 0) is 30.2 Å². The summed E-state index contributed by atoms with van der Waals surface area (Å²) in [4.78, 5) is 13.4. The second-order valence-electron chi connectivity index (χ2n) is 5.17. The monoisotopic (exact) mass is 326 g/mol. The number of nitriles is 1. The Bertz CT molecular complexity index is 697. The van der Waals surface area contributed by atoms with Crippen molar-refractivity contribution in [3.05, 3.63) is 54.1 Å². The number of amides is 1. The molecule has 0 N–H and O–H groups in total. The van der Waals surface area contributed by atoms with Crippen LogP contribution in [0.3, 0.4) is 0 Å². The van der Waals surface area contributed by atoms with Gasteiger partial charge >= 0.3 is 0 Å². The smallest absolute Gasteiger partial charge is 0.264 e. The molecule has 0 saturated carbocycles. The van der Waals surface area contributed by atoms with Gasteiger partial charge in [0, 0.05) is 19.7 Å². The first kappa shape index (κ1) is 19.0. The topological polar surface area (TPSA) is 62.6 Å². The molecule has 1 rings (SSSR count). The van der Waals surface area contributed by atoms with Crippen molar-refractivity contribution < 1.29 is 14.3 Å². The normalized spacial score (nSPS) is 10.5. The van der Waals surface area contributed by atoms with Crippen LogP contribution in [0.2, 0.25) is 0 Å². The van der Waals surface area contributed by atoms with E-state index >= 15 is 0 Å². The molecule has 5 nitrogen and oxygen atoms in total. The molecule has 0 fully saturated rings. The van der Waals surface area contributed by atoms with Crippen molar-refractivity contribution in [2.45, 2.75) is 6.42 Å². The lowest BCUT2D eigenvalue weighted by Gasteiger charge is -2.15. The van der Waals surface area contributed by atoms with Crippen molar-refractivity contribution in [1.82, 2.24) is 4.90 Å². The van der Waals surface area contributed by atoms with Gasteiger partial charge in [0.05, 0.1) is 7.11 Å². The van der Waals surface area contributed by atoms with Gasteiger partial charge in [0.25, 0.3) is 5.91 Å². The number of nitrogens with zero attached hydrogens (tertiary/aromatic N) is 2. The number of carbonyl (C=O) groups excluding carboxylic acids is 1. The lowest BCUT2D eigenvalue weighted by Crippen LogP contribution is -2.22. The second kappa shape index (κ2) is 9.21. The molecule has 0 spiro atoms. The third-order valence-electron chi connectivity index (χ3n) is 3.15. The number of benzene rings is 1. The van der Waals surface area contributed by atoms with Crippen molar-refractivity contribution in [2.75, 3.05) is 27.8 Å². The van der Waals surface area contributed by atoms with Crippen LogP contribution < -0.4 is 9.47 Å². The van der Waals surface area contributed by atoms with Gasteiger partial charge in [-0.15, -0.1) is 6.58 Å². The number of likely N-dealkylation sites (N-methyl/N-ethyl adjacent to an activating group) is 1. The Labute approximate surface area is 143 Å². The molecule has 0 saturated heterocycles. The number of ether oxygens (including phenoxy) is 2. The molecule has 24 heavy (non-hydrogen) atoms. The Hall–Kier alpha value is -3.00. The first-order valence-electron chi connectivity index (χ1n) is 7.37. The van der Waals surface area contributed by atoms with Gasteiger partial charge in [0.15, 0.2) is 11.5 Å². The minimum absolute atomic E-state index is 0.0476. The molecular weight excluding hydrogens is 304 g/mol. The number of rotatable bonds is 8. The molecular formula is C19H22N2O3. The minimum Gasteiger partial charge on any atom is -0.493 e. The van der Waals surface area contributed by atoms with E-state index in [0.29, 0.717) is 30.1 Å². The first-order chi connectivity index (χ1) is 11.5. The molecule has 0 aliphatic carbocycles. The van der Waals surface area contributed by atoms with E-state index in [0.717, 1.165) is 5.56 Å². The highest BCUT2D eigenvalue weighted by molar-refractivity contribution is 6.01. The van der Waals surface area contributed by atoms with E-state index in [9.17, 15) is 10.1 Å². The molecule has 1 aromatic rings. The van der Waals surface area contributed by atoms with Crippen molar-refractivity contribution in [1.29, 1.82) is 5.26 Å². The van der Waals surface area contributed by atoms with E-state index < -0.39 is 0 Å². The summed E-state index contributed by atoms with van der Waals surface area (Å²) in [5.41, 5.74) is 1.58. The quantitative estimate of drug-likeness (QED) is 0.418. The third kappa shape index (κ3) is 4.75. The van der Waals surface area contributed by atoms with E-state index in [1.807, 2.05) is 12.1 Å². The van der Waals surface area contributed by atoms with Gasteiger partial charge in [-0.25, -0.2) is 0 Å². The molecule has 1 amide bonds. The Morgan fingerprint density at radius 3 is 2.54 bits per heavy atom. The largest absolute Gasteiger partial charge is 0.493 e. The Morgan fingerprint density at radius 2 is 2.04 bits per heavy atom. The van der Waals surface area contributed by atoms with E-state index in [1.54, 1.807) is 32.3 Å². The predicted octanol–water partition coefficient (Wildman–Crippen LogP) is 2.98. The molecule has 0 aliphatic rings. The standard InChI is InChI=1S/C19H22N2O3/c1-6-8-15-10-14(11-16(13-20)19(22)21(3)4)12-17(23-5)18(15)24-9-7-2/h6-7,10-12H,1-2,8-9H2,3-5H3/b16-11-. The summed E-state index contributed by atoms with van der Waals surface area (Å²) in [5, 5.41) is 9.23. The van der Waals surface area contributed by atoms with Crippen LogP contribution in [0, 0.1) is 11.3 Å². The molecule has 126 valence electrons. The van der Waals surface area contributed by atoms with Crippen LogP contribution in [-0.4, -0.2) is 38.6 Å². The highest BCUT2D eigenvalue weighted by Gasteiger charge is 2.15. The zero-order chi connectivity index (χ0) is 18.1. The van der Waals surface area contributed by atoms with Crippen LogP contribution in [-0.2, 0) is 11.2 Å². The van der Waals surface area contributed by atoms with Gasteiger partial charge in [0.2, 0.25) is 0 Å². The summed E-state index contributed by atoms with van der Waals surface area (Å²) in [6.07, 6.45) is 5.50. The van der Waals surface area contributed by atoms with Crippen molar-refractivity contribution >= 4 is 12.0 Å². The SMILES string of the molecule is C=CCOc1c(CC=C)cc(/C=C(/C#N)C(=O)N(C)C)cc1OC. The summed E-state index contributed by atoms with van der Waals surface area (Å²) in [5.74, 6) is 0.776. The summed E-state index contributed by atoms with van der Waals surface area (Å²) < 4.78 is 11.1. The fraction of sp³-hybridized carbons (Fsp3) is 0.263. The molecule has 0 heterocycles. The molecule has 1 aromatic carbocycles. The summed E-state index contributed by atoms with van der Waals surface area (Å²) in [6, 6.07) is 5.51. The van der Waals surface area contributed by atoms with Gasteiger partial charge in [-0.3, -0.25) is 4.79 Å². The van der Waals surface area contributed by atoms with Gasteiger partial charge in [-0.2, -0.15) is 5.26 Å². The van der Waals surface area contributed by atoms with Crippen LogP contribution in [0.25, 0.3) is 6.08 Å². The van der Waals surface area contributed by atoms with Gasteiger partial charge in [0.1, 0.15) is 18.2 Å². The summed E-state index contributed by atoms with van der Waals surface area (Å²) in [6.45, 7) is 7.73. The fourth-order valence-electron chi connectivity index (χ4n) is 2.08. The number of allylic oxidation sites excluding steroid dienone is 1. The van der Waals surface area contributed by atoms with Gasteiger partial charge in [-0.1, -0.05) is 18.7 Å². The second-order valence-corrected chi connectivity index (χ2v) is 5.17. The maximum Gasteiger partial charge on any atom is 0.264 e. The lowest BCUT2D eigenvalue weighted by atomic mass is 10.0. The van der Waals surface area contributed by atoms with Crippen molar-refractivity contribution in [2.24, 2.45) is 0 Å². The maximum atomic E-state index is 12.0. The zero-order valence-corrected chi connectivity index (χ0v) is 14.3. The zero-order valence-electron chi connectivity index (χ0n) is 14.3. The van der Waals surface area contributed by atoms with Crippen molar-refractivity contribution in [3.8, 4) is 17.6 Å². The van der Waals surface area contributed by atoms with Crippen LogP contribution in [0.4, 0.5) is 0 Å². The Morgan fingerprint density at radius 1 is 1.33 bits per heavy atom. The van der Waals surface area contributed by atoms with Gasteiger partial charge < -0.3 is 14.4 Å². The molecule has 0 radical (unpaired) electrons.